The van der Waals surface area contributed by atoms with E-state index in [1.54, 1.807) is 0 Å². The summed E-state index contributed by atoms with van der Waals surface area (Å²) in [6.07, 6.45) is 1.67. The lowest BCUT2D eigenvalue weighted by molar-refractivity contribution is 0.0338. The van der Waals surface area contributed by atoms with Crippen LogP contribution in [0.3, 0.4) is 0 Å². The number of rotatable bonds is 8. The van der Waals surface area contributed by atoms with E-state index in [1.165, 1.54) is 6.42 Å². The Labute approximate surface area is 110 Å². The van der Waals surface area contributed by atoms with Gasteiger partial charge in [-0.3, -0.25) is 0 Å². The van der Waals surface area contributed by atoms with E-state index in [9.17, 15) is 5.11 Å². The average molecular weight is 251 g/mol. The van der Waals surface area contributed by atoms with Gasteiger partial charge in [0.1, 0.15) is 6.10 Å². The van der Waals surface area contributed by atoms with Crippen LogP contribution in [0.1, 0.15) is 43.9 Å². The summed E-state index contributed by atoms with van der Waals surface area (Å²) >= 11 is 0. The summed E-state index contributed by atoms with van der Waals surface area (Å²) in [5, 5.41) is 9.94. The Morgan fingerprint density at radius 1 is 1.22 bits per heavy atom. The fourth-order valence-corrected chi connectivity index (χ4v) is 1.76. The van der Waals surface area contributed by atoms with Gasteiger partial charge in [0.15, 0.2) is 0 Å². The highest BCUT2D eigenvalue weighted by atomic mass is 16.5. The highest BCUT2D eigenvalue weighted by Gasteiger charge is 2.07. The van der Waals surface area contributed by atoms with Crippen LogP contribution < -0.4 is 5.73 Å². The average Bonchev–Trinajstić information content (AvgIpc) is 2.38. The quantitative estimate of drug-likeness (QED) is 0.698. The van der Waals surface area contributed by atoms with Crippen molar-refractivity contribution in [2.24, 2.45) is 11.7 Å². The number of benzene rings is 1. The molecule has 3 heteroatoms. The maximum Gasteiger partial charge on any atom is 0.102 e. The minimum Gasteiger partial charge on any atom is -0.386 e. The zero-order chi connectivity index (χ0) is 13.4. The Kier molecular flexibility index (Phi) is 6.94. The third-order valence-electron chi connectivity index (χ3n) is 2.95. The summed E-state index contributed by atoms with van der Waals surface area (Å²) in [5.41, 5.74) is 7.48. The van der Waals surface area contributed by atoms with Gasteiger partial charge in [0.25, 0.3) is 0 Å². The van der Waals surface area contributed by atoms with Gasteiger partial charge >= 0.3 is 0 Å². The molecule has 1 unspecified atom stereocenters. The van der Waals surface area contributed by atoms with Gasteiger partial charge in [0.2, 0.25) is 0 Å². The molecular formula is C15H25NO2. The van der Waals surface area contributed by atoms with E-state index in [1.807, 2.05) is 24.3 Å². The van der Waals surface area contributed by atoms with E-state index in [0.717, 1.165) is 24.2 Å². The van der Waals surface area contributed by atoms with Crippen molar-refractivity contribution in [3.05, 3.63) is 35.4 Å². The van der Waals surface area contributed by atoms with Crippen molar-refractivity contribution in [2.45, 2.75) is 39.3 Å². The molecule has 1 aromatic carbocycles. The van der Waals surface area contributed by atoms with Gasteiger partial charge in [-0.1, -0.05) is 38.1 Å². The first-order valence-electron chi connectivity index (χ1n) is 6.68. The summed E-state index contributed by atoms with van der Waals surface area (Å²) in [6.45, 7) is 6.01. The van der Waals surface area contributed by atoms with Crippen molar-refractivity contribution in [3.63, 3.8) is 0 Å². The summed E-state index contributed by atoms with van der Waals surface area (Å²) in [6, 6.07) is 7.70. The predicted molar refractivity (Wildman–Crippen MR) is 74.2 cm³/mol. The minimum atomic E-state index is -0.545. The molecule has 3 nitrogen and oxygen atoms in total. The van der Waals surface area contributed by atoms with Gasteiger partial charge in [-0.2, -0.15) is 0 Å². The Morgan fingerprint density at radius 2 is 1.89 bits per heavy atom. The fraction of sp³-hybridized carbons (Fsp3) is 0.600. The van der Waals surface area contributed by atoms with Crippen molar-refractivity contribution >= 4 is 0 Å². The molecule has 102 valence electrons. The zero-order valence-electron chi connectivity index (χ0n) is 11.4. The number of hydrogen-bond acceptors (Lipinski definition) is 3. The van der Waals surface area contributed by atoms with Crippen LogP contribution >= 0.6 is 0 Å². The van der Waals surface area contributed by atoms with Crippen molar-refractivity contribution < 1.29 is 9.84 Å². The zero-order valence-corrected chi connectivity index (χ0v) is 11.4. The largest absolute Gasteiger partial charge is 0.386 e. The molecule has 0 aromatic heterocycles. The molecule has 0 aliphatic heterocycles. The molecule has 0 aliphatic rings. The van der Waals surface area contributed by atoms with E-state index in [0.29, 0.717) is 19.1 Å². The van der Waals surface area contributed by atoms with Crippen molar-refractivity contribution in [1.82, 2.24) is 0 Å². The molecule has 0 fully saturated rings. The molecule has 0 aliphatic carbocycles. The van der Waals surface area contributed by atoms with Crippen molar-refractivity contribution in [2.75, 3.05) is 13.2 Å². The van der Waals surface area contributed by atoms with E-state index >= 15 is 0 Å². The molecular weight excluding hydrogens is 226 g/mol. The lowest BCUT2D eigenvalue weighted by Gasteiger charge is -2.12. The van der Waals surface area contributed by atoms with Crippen LogP contribution in [0.2, 0.25) is 0 Å². The number of nitrogens with two attached hydrogens (primary N) is 1. The molecule has 1 aromatic rings. The third-order valence-corrected chi connectivity index (χ3v) is 2.95. The molecule has 3 N–H and O–H groups in total. The summed E-state index contributed by atoms with van der Waals surface area (Å²) < 4.78 is 5.48. The molecule has 0 saturated carbocycles. The van der Waals surface area contributed by atoms with E-state index in [2.05, 4.69) is 13.8 Å². The standard InChI is InChI=1S/C15H25NO2/c1-12(2)4-3-9-18-11-15(17)14-7-5-13(10-16)6-8-14/h5-8,12,15,17H,3-4,9-11,16H2,1-2H3. The lowest BCUT2D eigenvalue weighted by Crippen LogP contribution is -2.09. The summed E-state index contributed by atoms with van der Waals surface area (Å²) in [4.78, 5) is 0. The van der Waals surface area contributed by atoms with Crippen LogP contribution in [-0.4, -0.2) is 18.3 Å². The van der Waals surface area contributed by atoms with Crippen LogP contribution in [0, 0.1) is 5.92 Å². The molecule has 18 heavy (non-hydrogen) atoms. The second-order valence-electron chi connectivity index (χ2n) is 5.07. The van der Waals surface area contributed by atoms with Gasteiger partial charge in [-0.15, -0.1) is 0 Å². The van der Waals surface area contributed by atoms with Crippen molar-refractivity contribution in [1.29, 1.82) is 0 Å². The first kappa shape index (κ1) is 15.2. The molecule has 1 atom stereocenters. The maximum atomic E-state index is 9.94. The predicted octanol–water partition coefficient (Wildman–Crippen LogP) is 2.63. The van der Waals surface area contributed by atoms with Gasteiger partial charge in [0.05, 0.1) is 6.61 Å². The van der Waals surface area contributed by atoms with Crippen LogP contribution in [0.15, 0.2) is 24.3 Å². The van der Waals surface area contributed by atoms with Crippen LogP contribution in [0.5, 0.6) is 0 Å². The SMILES string of the molecule is CC(C)CCCOCC(O)c1ccc(CN)cc1. The highest BCUT2D eigenvalue weighted by Crippen LogP contribution is 2.14. The van der Waals surface area contributed by atoms with Crippen LogP contribution in [-0.2, 0) is 11.3 Å². The number of aliphatic hydroxyl groups is 1. The van der Waals surface area contributed by atoms with E-state index in [4.69, 9.17) is 10.5 Å². The Bertz CT molecular complexity index is 322. The number of ether oxygens (including phenoxy) is 1. The van der Waals surface area contributed by atoms with Gasteiger partial charge in [0, 0.05) is 13.2 Å². The third kappa shape index (κ3) is 5.63. The first-order valence-corrected chi connectivity index (χ1v) is 6.68. The minimum absolute atomic E-state index is 0.361. The van der Waals surface area contributed by atoms with Gasteiger partial charge in [-0.25, -0.2) is 0 Å². The van der Waals surface area contributed by atoms with E-state index < -0.39 is 6.10 Å². The van der Waals surface area contributed by atoms with Crippen LogP contribution in [0.4, 0.5) is 0 Å². The fourth-order valence-electron chi connectivity index (χ4n) is 1.76. The molecule has 0 saturated heterocycles. The van der Waals surface area contributed by atoms with Crippen LogP contribution in [0.25, 0.3) is 0 Å². The summed E-state index contributed by atoms with van der Waals surface area (Å²) in [5.74, 6) is 0.710. The first-order chi connectivity index (χ1) is 8.63. The molecule has 0 heterocycles. The number of hydrogen-bond donors (Lipinski definition) is 2. The Morgan fingerprint density at radius 3 is 2.44 bits per heavy atom. The normalized spacial score (nSPS) is 12.9. The highest BCUT2D eigenvalue weighted by molar-refractivity contribution is 5.23. The monoisotopic (exact) mass is 251 g/mol. The van der Waals surface area contributed by atoms with Gasteiger partial charge < -0.3 is 15.6 Å². The molecule has 1 rings (SSSR count). The van der Waals surface area contributed by atoms with Gasteiger partial charge in [-0.05, 0) is 29.9 Å². The lowest BCUT2D eigenvalue weighted by atomic mass is 10.1. The Hall–Kier alpha value is -0.900. The maximum absolute atomic E-state index is 9.94. The smallest absolute Gasteiger partial charge is 0.102 e. The van der Waals surface area contributed by atoms with E-state index in [-0.39, 0.29) is 0 Å². The molecule has 0 bridgehead atoms. The molecule has 0 spiro atoms. The second kappa shape index (κ2) is 8.25. The Balaban J connectivity index is 2.25. The molecule has 0 radical (unpaired) electrons. The number of aliphatic hydroxyl groups excluding tert-OH is 1. The topological polar surface area (TPSA) is 55.5 Å². The van der Waals surface area contributed by atoms with Crippen molar-refractivity contribution in [3.8, 4) is 0 Å². The second-order valence-corrected chi connectivity index (χ2v) is 5.07. The summed E-state index contributed by atoms with van der Waals surface area (Å²) in [7, 11) is 0. The molecule has 0 amide bonds.